The van der Waals surface area contributed by atoms with Gasteiger partial charge in [-0.1, -0.05) is 19.9 Å². The molecule has 0 N–H and O–H groups in total. The zero-order valence-corrected chi connectivity index (χ0v) is 10.8. The minimum atomic E-state index is 0.229. The normalized spacial score (nSPS) is 30.1. The monoisotopic (exact) mass is 211 g/mol. The minimum absolute atomic E-state index is 0.229. The van der Waals surface area contributed by atoms with Gasteiger partial charge in [0.25, 0.3) is 0 Å². The molecule has 0 aromatic heterocycles. The number of likely N-dealkylation sites (tertiary alicyclic amines) is 1. The topological polar surface area (TPSA) is 12.5 Å². The predicted octanol–water partition coefficient (Wildman–Crippen LogP) is 2.70. The number of hydrogen-bond acceptors (Lipinski definition) is 2. The molecule has 1 aliphatic heterocycles. The first-order valence-corrected chi connectivity index (χ1v) is 5.73. The van der Waals surface area contributed by atoms with Crippen LogP contribution in [0.1, 0.15) is 34.1 Å². The number of nitrogens with zero attached hydrogens (tertiary/aromatic N) is 1. The van der Waals surface area contributed by atoms with Gasteiger partial charge >= 0.3 is 0 Å². The molecule has 1 unspecified atom stereocenters. The Balaban J connectivity index is 2.72. The summed E-state index contributed by atoms with van der Waals surface area (Å²) in [4.78, 5) is 2.43. The lowest BCUT2D eigenvalue weighted by Crippen LogP contribution is -2.57. The van der Waals surface area contributed by atoms with Crippen molar-refractivity contribution in [3.8, 4) is 0 Å². The van der Waals surface area contributed by atoms with E-state index in [9.17, 15) is 0 Å². The van der Waals surface area contributed by atoms with E-state index in [1.807, 2.05) is 6.08 Å². The van der Waals surface area contributed by atoms with Crippen LogP contribution in [0.3, 0.4) is 0 Å². The highest BCUT2D eigenvalue weighted by molar-refractivity contribution is 4.97. The molecule has 1 heterocycles. The largest absolute Gasteiger partial charge is 0.374 e. The van der Waals surface area contributed by atoms with Crippen molar-refractivity contribution in [1.82, 2.24) is 4.90 Å². The number of ether oxygens (including phenoxy) is 1. The molecular formula is C13H25NO. The molecule has 2 nitrogen and oxygen atoms in total. The van der Waals surface area contributed by atoms with E-state index in [2.05, 4.69) is 46.2 Å². The van der Waals surface area contributed by atoms with Crippen LogP contribution in [0, 0.1) is 5.41 Å². The number of piperidine rings is 1. The predicted molar refractivity (Wildman–Crippen MR) is 65.0 cm³/mol. The molecule has 0 saturated carbocycles. The summed E-state index contributed by atoms with van der Waals surface area (Å²) in [5, 5.41) is 0. The standard InChI is InChI=1S/C13H25NO/c1-7-8-15-11-9-13(4,5)14(6)10-12(11,2)3/h7,11H,1,8-10H2,2-6H3. The maximum atomic E-state index is 5.89. The summed E-state index contributed by atoms with van der Waals surface area (Å²) in [6.45, 7) is 14.6. The highest BCUT2D eigenvalue weighted by Gasteiger charge is 2.43. The molecule has 0 spiro atoms. The smallest absolute Gasteiger partial charge is 0.0659 e. The third-order valence-corrected chi connectivity index (χ3v) is 3.65. The lowest BCUT2D eigenvalue weighted by Gasteiger charge is -2.51. The fourth-order valence-corrected chi connectivity index (χ4v) is 2.28. The Labute approximate surface area is 94.3 Å². The molecule has 1 fully saturated rings. The summed E-state index contributed by atoms with van der Waals surface area (Å²) in [5.41, 5.74) is 0.467. The van der Waals surface area contributed by atoms with Crippen molar-refractivity contribution in [2.45, 2.75) is 45.8 Å². The quantitative estimate of drug-likeness (QED) is 0.666. The van der Waals surface area contributed by atoms with Crippen molar-refractivity contribution in [3.63, 3.8) is 0 Å². The van der Waals surface area contributed by atoms with Gasteiger partial charge in [0.05, 0.1) is 12.7 Å². The molecule has 88 valence electrons. The molecule has 0 bridgehead atoms. The van der Waals surface area contributed by atoms with Crippen molar-refractivity contribution in [2.24, 2.45) is 5.41 Å². The van der Waals surface area contributed by atoms with Gasteiger partial charge in [-0.25, -0.2) is 0 Å². The summed E-state index contributed by atoms with van der Waals surface area (Å²) in [5.74, 6) is 0. The zero-order valence-electron chi connectivity index (χ0n) is 10.8. The van der Waals surface area contributed by atoms with Crippen LogP contribution in [0.25, 0.3) is 0 Å². The van der Waals surface area contributed by atoms with Crippen LogP contribution in [0.4, 0.5) is 0 Å². The van der Waals surface area contributed by atoms with Crippen molar-refractivity contribution in [1.29, 1.82) is 0 Å². The van der Waals surface area contributed by atoms with Gasteiger partial charge < -0.3 is 9.64 Å². The minimum Gasteiger partial charge on any atom is -0.374 e. The summed E-state index contributed by atoms with van der Waals surface area (Å²) in [6, 6.07) is 0. The summed E-state index contributed by atoms with van der Waals surface area (Å²) >= 11 is 0. The van der Waals surface area contributed by atoms with Gasteiger partial charge in [0.15, 0.2) is 0 Å². The van der Waals surface area contributed by atoms with E-state index in [0.29, 0.717) is 12.7 Å². The Morgan fingerprint density at radius 3 is 2.53 bits per heavy atom. The number of rotatable bonds is 3. The van der Waals surface area contributed by atoms with Crippen LogP contribution >= 0.6 is 0 Å². The second kappa shape index (κ2) is 4.26. The van der Waals surface area contributed by atoms with E-state index in [-0.39, 0.29) is 11.0 Å². The first kappa shape index (κ1) is 12.7. The number of hydrogen-bond donors (Lipinski definition) is 0. The average molecular weight is 211 g/mol. The fraction of sp³-hybridized carbons (Fsp3) is 0.846. The Morgan fingerprint density at radius 1 is 1.40 bits per heavy atom. The summed E-state index contributed by atoms with van der Waals surface area (Å²) in [7, 11) is 2.20. The first-order valence-electron chi connectivity index (χ1n) is 5.73. The summed E-state index contributed by atoms with van der Waals surface area (Å²) in [6.07, 6.45) is 3.26. The Bertz CT molecular complexity index is 233. The average Bonchev–Trinajstić information content (AvgIpc) is 2.09. The van der Waals surface area contributed by atoms with E-state index < -0.39 is 0 Å². The third-order valence-electron chi connectivity index (χ3n) is 3.65. The van der Waals surface area contributed by atoms with Crippen molar-refractivity contribution in [2.75, 3.05) is 20.2 Å². The van der Waals surface area contributed by atoms with Gasteiger partial charge in [-0.15, -0.1) is 6.58 Å². The van der Waals surface area contributed by atoms with Crippen LogP contribution in [-0.2, 0) is 4.74 Å². The highest BCUT2D eigenvalue weighted by atomic mass is 16.5. The maximum Gasteiger partial charge on any atom is 0.0659 e. The van der Waals surface area contributed by atoms with Crippen molar-refractivity contribution in [3.05, 3.63) is 12.7 Å². The second-order valence-electron chi connectivity index (χ2n) is 5.97. The molecule has 1 atom stereocenters. The fourth-order valence-electron chi connectivity index (χ4n) is 2.28. The SMILES string of the molecule is C=CCOC1CC(C)(C)N(C)CC1(C)C. The molecule has 15 heavy (non-hydrogen) atoms. The van der Waals surface area contributed by atoms with E-state index >= 15 is 0 Å². The third kappa shape index (κ3) is 2.82. The van der Waals surface area contributed by atoms with Gasteiger partial charge in [-0.3, -0.25) is 0 Å². The molecule has 1 saturated heterocycles. The molecule has 1 aliphatic rings. The molecule has 2 heteroatoms. The van der Waals surface area contributed by atoms with Gasteiger partial charge in [-0.05, 0) is 27.3 Å². The Morgan fingerprint density at radius 2 is 2.00 bits per heavy atom. The summed E-state index contributed by atoms with van der Waals surface area (Å²) < 4.78 is 5.89. The maximum absolute atomic E-state index is 5.89. The van der Waals surface area contributed by atoms with Crippen molar-refractivity contribution < 1.29 is 4.74 Å². The van der Waals surface area contributed by atoms with Gasteiger partial charge in [-0.2, -0.15) is 0 Å². The molecular weight excluding hydrogens is 186 g/mol. The van der Waals surface area contributed by atoms with Crippen LogP contribution in [0.2, 0.25) is 0 Å². The lowest BCUT2D eigenvalue weighted by atomic mass is 9.74. The van der Waals surface area contributed by atoms with E-state index in [4.69, 9.17) is 4.74 Å². The van der Waals surface area contributed by atoms with Crippen LogP contribution < -0.4 is 0 Å². The van der Waals surface area contributed by atoms with Gasteiger partial charge in [0.2, 0.25) is 0 Å². The second-order valence-corrected chi connectivity index (χ2v) is 5.97. The molecule has 0 amide bonds. The zero-order chi connectivity index (χ0) is 11.7. The van der Waals surface area contributed by atoms with E-state index in [0.717, 1.165) is 13.0 Å². The van der Waals surface area contributed by atoms with Crippen LogP contribution in [0.15, 0.2) is 12.7 Å². The molecule has 0 aliphatic carbocycles. The highest BCUT2D eigenvalue weighted by Crippen LogP contribution is 2.38. The molecule has 0 aromatic carbocycles. The van der Waals surface area contributed by atoms with Gasteiger partial charge in [0, 0.05) is 17.5 Å². The van der Waals surface area contributed by atoms with Crippen LogP contribution in [-0.4, -0.2) is 36.7 Å². The van der Waals surface area contributed by atoms with Crippen molar-refractivity contribution >= 4 is 0 Å². The van der Waals surface area contributed by atoms with Gasteiger partial charge in [0.1, 0.15) is 0 Å². The van der Waals surface area contributed by atoms with E-state index in [1.165, 1.54) is 0 Å². The Hall–Kier alpha value is -0.340. The van der Waals surface area contributed by atoms with Crippen LogP contribution in [0.5, 0.6) is 0 Å². The molecule has 0 aromatic rings. The lowest BCUT2D eigenvalue weighted by molar-refractivity contribution is -0.101. The molecule has 0 radical (unpaired) electrons. The molecule has 1 rings (SSSR count). The van der Waals surface area contributed by atoms with E-state index in [1.54, 1.807) is 0 Å². The Kier molecular flexibility index (Phi) is 3.62. The first-order chi connectivity index (χ1) is 6.79.